The Morgan fingerprint density at radius 1 is 1.23 bits per heavy atom. The summed E-state index contributed by atoms with van der Waals surface area (Å²) in [6, 6.07) is 11.1. The minimum atomic E-state index is -0.883. The molecule has 0 radical (unpaired) electrons. The van der Waals surface area contributed by atoms with Crippen LogP contribution in [0.3, 0.4) is 0 Å². The topological polar surface area (TPSA) is 98.2 Å². The summed E-state index contributed by atoms with van der Waals surface area (Å²) in [5.41, 5.74) is 3.49. The maximum Gasteiger partial charge on any atom is 0.329 e. The van der Waals surface area contributed by atoms with Crippen LogP contribution in [0.1, 0.15) is 24.0 Å². The van der Waals surface area contributed by atoms with Crippen LogP contribution in [0.5, 0.6) is 11.5 Å². The average Bonchev–Trinajstić information content (AvgIpc) is 3.31. The number of ether oxygens (including phenoxy) is 3. The maximum atomic E-state index is 13.1. The molecule has 0 aromatic heterocycles. The number of nitrogens with one attached hydrogen (secondary N) is 2. The van der Waals surface area contributed by atoms with Crippen molar-refractivity contribution in [3.63, 3.8) is 0 Å². The van der Waals surface area contributed by atoms with Gasteiger partial charge in [-0.25, -0.2) is 9.82 Å². The van der Waals surface area contributed by atoms with Crippen molar-refractivity contribution in [3.05, 3.63) is 59.4 Å². The molecule has 0 unspecified atom stereocenters. The number of benzene rings is 2. The summed E-state index contributed by atoms with van der Waals surface area (Å²) in [6.45, 7) is 1.13. The summed E-state index contributed by atoms with van der Waals surface area (Å²) in [6.07, 6.45) is 3.10. The van der Waals surface area contributed by atoms with Gasteiger partial charge in [-0.05, 0) is 42.7 Å². The van der Waals surface area contributed by atoms with Gasteiger partial charge in [0.05, 0.1) is 19.4 Å². The van der Waals surface area contributed by atoms with E-state index in [1.807, 2.05) is 0 Å². The molecule has 9 heteroatoms. The average molecular weight is 429 g/mol. The normalized spacial score (nSPS) is 15.6. The third-order valence-corrected chi connectivity index (χ3v) is 4.62. The molecule has 2 aromatic carbocycles. The number of para-hydroxylation sites is 1. The molecule has 1 fully saturated rings. The Labute approximate surface area is 179 Å². The fraction of sp³-hybridized carbons (Fsp3) is 0.318. The maximum absolute atomic E-state index is 13.1. The second kappa shape index (κ2) is 11.1. The van der Waals surface area contributed by atoms with Gasteiger partial charge in [0.1, 0.15) is 12.4 Å². The predicted octanol–water partition coefficient (Wildman–Crippen LogP) is 2.16. The number of hydrogen-bond donors (Lipinski definition) is 2. The van der Waals surface area contributed by atoms with Crippen molar-refractivity contribution in [2.45, 2.75) is 25.6 Å². The highest BCUT2D eigenvalue weighted by Crippen LogP contribution is 2.30. The van der Waals surface area contributed by atoms with Crippen LogP contribution in [0, 0.1) is 5.82 Å². The van der Waals surface area contributed by atoms with Gasteiger partial charge in [-0.2, -0.15) is 5.10 Å². The first kappa shape index (κ1) is 22.2. The van der Waals surface area contributed by atoms with Crippen molar-refractivity contribution in [1.29, 1.82) is 0 Å². The molecule has 0 bridgehead atoms. The van der Waals surface area contributed by atoms with Crippen LogP contribution in [-0.2, 0) is 20.9 Å². The first-order valence-corrected chi connectivity index (χ1v) is 9.84. The van der Waals surface area contributed by atoms with Crippen molar-refractivity contribution in [3.8, 4) is 11.5 Å². The molecular formula is C22H24FN3O5. The van der Waals surface area contributed by atoms with Gasteiger partial charge in [0.15, 0.2) is 11.5 Å². The molecule has 2 amide bonds. The van der Waals surface area contributed by atoms with Crippen LogP contribution >= 0.6 is 0 Å². The summed E-state index contributed by atoms with van der Waals surface area (Å²) in [7, 11) is 1.50. The Balaban J connectivity index is 1.59. The molecule has 2 N–H and O–H groups in total. The van der Waals surface area contributed by atoms with Gasteiger partial charge in [0.25, 0.3) is 0 Å². The number of carbonyl (C=O) groups excluding carboxylic acids is 2. The zero-order valence-electron chi connectivity index (χ0n) is 17.1. The smallest absolute Gasteiger partial charge is 0.329 e. The molecule has 1 saturated heterocycles. The number of carbonyl (C=O) groups is 2. The Morgan fingerprint density at radius 3 is 2.74 bits per heavy atom. The number of rotatable bonds is 8. The van der Waals surface area contributed by atoms with Crippen molar-refractivity contribution in [2.24, 2.45) is 5.10 Å². The van der Waals surface area contributed by atoms with E-state index in [0.717, 1.165) is 18.4 Å². The molecule has 164 valence electrons. The van der Waals surface area contributed by atoms with Gasteiger partial charge in [-0.15, -0.1) is 0 Å². The number of hydrazone groups is 1. The Kier molecular flexibility index (Phi) is 7.94. The second-order valence-electron chi connectivity index (χ2n) is 6.84. The fourth-order valence-electron chi connectivity index (χ4n) is 2.99. The molecule has 8 nitrogen and oxygen atoms in total. The van der Waals surface area contributed by atoms with Crippen LogP contribution in [0.15, 0.2) is 47.6 Å². The second-order valence-corrected chi connectivity index (χ2v) is 6.84. The summed E-state index contributed by atoms with van der Waals surface area (Å²) in [5, 5.41) is 6.37. The Morgan fingerprint density at radius 2 is 2.03 bits per heavy atom. The standard InChI is InChI=1S/C22H24FN3O5/c1-29-19-6-2-4-16(20(19)31-14-15-7-9-17(23)10-8-15)12-25-26-22(28)21(27)24-13-18-5-3-11-30-18/h2,4,6-10,12,18H,3,5,11,13-14H2,1H3,(H,24,27)(H,26,28)/b25-12-/t18-/m0/s1. The third kappa shape index (κ3) is 6.51. The van der Waals surface area contributed by atoms with Crippen LogP contribution in [0.4, 0.5) is 4.39 Å². The van der Waals surface area contributed by atoms with E-state index in [9.17, 15) is 14.0 Å². The van der Waals surface area contributed by atoms with Gasteiger partial charge in [0, 0.05) is 18.7 Å². The lowest BCUT2D eigenvalue weighted by Crippen LogP contribution is -2.41. The minimum Gasteiger partial charge on any atom is -0.493 e. The van der Waals surface area contributed by atoms with E-state index >= 15 is 0 Å². The van der Waals surface area contributed by atoms with E-state index in [4.69, 9.17) is 14.2 Å². The zero-order valence-corrected chi connectivity index (χ0v) is 17.1. The van der Waals surface area contributed by atoms with Crippen LogP contribution < -0.4 is 20.2 Å². The van der Waals surface area contributed by atoms with Gasteiger partial charge < -0.3 is 19.5 Å². The molecule has 31 heavy (non-hydrogen) atoms. The summed E-state index contributed by atoms with van der Waals surface area (Å²) >= 11 is 0. The summed E-state index contributed by atoms with van der Waals surface area (Å²) in [4.78, 5) is 23.8. The van der Waals surface area contributed by atoms with Crippen molar-refractivity contribution < 1.29 is 28.2 Å². The molecule has 0 aliphatic carbocycles. The molecule has 1 heterocycles. The van der Waals surface area contributed by atoms with Crippen LogP contribution in [-0.4, -0.2) is 44.4 Å². The first-order valence-electron chi connectivity index (χ1n) is 9.84. The summed E-state index contributed by atoms with van der Waals surface area (Å²) < 4.78 is 29.6. The number of hydrogen-bond acceptors (Lipinski definition) is 6. The SMILES string of the molecule is COc1cccc(/C=N\NC(=O)C(=O)NC[C@@H]2CCCO2)c1OCc1ccc(F)cc1. The Hall–Kier alpha value is -3.46. The van der Waals surface area contributed by atoms with E-state index in [1.54, 1.807) is 30.3 Å². The van der Waals surface area contributed by atoms with Crippen LogP contribution in [0.25, 0.3) is 0 Å². The summed E-state index contributed by atoms with van der Waals surface area (Å²) in [5.74, 6) is -1.14. The van der Waals surface area contributed by atoms with Crippen molar-refractivity contribution in [2.75, 3.05) is 20.3 Å². The zero-order chi connectivity index (χ0) is 22.1. The van der Waals surface area contributed by atoms with Gasteiger partial charge >= 0.3 is 11.8 Å². The Bertz CT molecular complexity index is 927. The van der Waals surface area contributed by atoms with E-state index in [0.29, 0.717) is 23.7 Å². The number of amides is 2. The molecule has 2 aromatic rings. The molecule has 0 spiro atoms. The lowest BCUT2D eigenvalue weighted by Gasteiger charge is -2.13. The van der Waals surface area contributed by atoms with Crippen LogP contribution in [0.2, 0.25) is 0 Å². The minimum absolute atomic E-state index is 0.0575. The lowest BCUT2D eigenvalue weighted by molar-refractivity contribution is -0.139. The van der Waals surface area contributed by atoms with Crippen molar-refractivity contribution >= 4 is 18.0 Å². The highest BCUT2D eigenvalue weighted by atomic mass is 19.1. The van der Waals surface area contributed by atoms with E-state index in [2.05, 4.69) is 15.8 Å². The lowest BCUT2D eigenvalue weighted by atomic mass is 10.2. The molecule has 1 aliphatic heterocycles. The fourth-order valence-corrected chi connectivity index (χ4v) is 2.99. The molecule has 1 aliphatic rings. The quantitative estimate of drug-likeness (QED) is 0.381. The van der Waals surface area contributed by atoms with Gasteiger partial charge in [0.2, 0.25) is 0 Å². The highest BCUT2D eigenvalue weighted by Gasteiger charge is 2.19. The first-order chi connectivity index (χ1) is 15.1. The van der Waals surface area contributed by atoms with E-state index in [-0.39, 0.29) is 25.1 Å². The van der Waals surface area contributed by atoms with Crippen molar-refractivity contribution in [1.82, 2.24) is 10.7 Å². The molecular weight excluding hydrogens is 405 g/mol. The monoisotopic (exact) mass is 429 g/mol. The number of nitrogens with zero attached hydrogens (tertiary/aromatic N) is 1. The largest absolute Gasteiger partial charge is 0.493 e. The molecule has 3 rings (SSSR count). The van der Waals surface area contributed by atoms with E-state index < -0.39 is 11.8 Å². The third-order valence-electron chi connectivity index (χ3n) is 4.62. The van der Waals surface area contributed by atoms with E-state index in [1.165, 1.54) is 25.5 Å². The predicted molar refractivity (Wildman–Crippen MR) is 111 cm³/mol. The highest BCUT2D eigenvalue weighted by molar-refractivity contribution is 6.35. The number of methoxy groups -OCH3 is 1. The molecule has 1 atom stereocenters. The number of halogens is 1. The molecule has 0 saturated carbocycles. The van der Waals surface area contributed by atoms with Gasteiger partial charge in [-0.1, -0.05) is 18.2 Å². The van der Waals surface area contributed by atoms with Gasteiger partial charge in [-0.3, -0.25) is 9.59 Å².